The summed E-state index contributed by atoms with van der Waals surface area (Å²) in [7, 11) is 0. The van der Waals surface area contributed by atoms with E-state index in [1.165, 1.54) is 0 Å². The third-order valence-electron chi connectivity index (χ3n) is 3.46. The van der Waals surface area contributed by atoms with E-state index in [1.54, 1.807) is 6.26 Å². The van der Waals surface area contributed by atoms with Crippen molar-refractivity contribution >= 4 is 0 Å². The van der Waals surface area contributed by atoms with Crippen molar-refractivity contribution in [3.8, 4) is 11.4 Å². The van der Waals surface area contributed by atoms with E-state index in [0.29, 0.717) is 18.1 Å². The Bertz CT molecular complexity index is 703. The molecule has 0 saturated heterocycles. The maximum atomic E-state index is 6.16. The molecule has 3 aromatic rings. The normalized spacial score (nSPS) is 12.5. The molecule has 0 amide bonds. The highest BCUT2D eigenvalue weighted by Gasteiger charge is 2.14. The van der Waals surface area contributed by atoms with Gasteiger partial charge in [0, 0.05) is 12.5 Å². The van der Waals surface area contributed by atoms with Gasteiger partial charge in [-0.05, 0) is 25.0 Å². The lowest BCUT2D eigenvalue weighted by molar-refractivity contribution is 0.372. The largest absolute Gasteiger partial charge is 0.469 e. The average Bonchev–Trinajstić information content (AvgIpc) is 3.14. The second-order valence-electron chi connectivity index (χ2n) is 4.96. The van der Waals surface area contributed by atoms with Gasteiger partial charge in [-0.25, -0.2) is 0 Å². The lowest BCUT2D eigenvalue weighted by atomic mass is 10.0. The van der Waals surface area contributed by atoms with Gasteiger partial charge in [-0.15, -0.1) is 0 Å². The molecule has 1 aromatic carbocycles. The van der Waals surface area contributed by atoms with E-state index in [9.17, 15) is 0 Å². The molecule has 0 saturated carbocycles. The lowest BCUT2D eigenvalue weighted by Gasteiger charge is -2.09. The van der Waals surface area contributed by atoms with Crippen LogP contribution in [0.3, 0.4) is 0 Å². The summed E-state index contributed by atoms with van der Waals surface area (Å²) in [6, 6.07) is 11.8. The number of hydrogen-bond acceptors (Lipinski definition) is 5. The number of nitrogens with two attached hydrogens (primary N) is 1. The van der Waals surface area contributed by atoms with E-state index in [-0.39, 0.29) is 6.04 Å². The minimum absolute atomic E-state index is 0.0304. The molecule has 0 aliphatic heterocycles. The first-order valence-corrected chi connectivity index (χ1v) is 6.91. The zero-order valence-electron chi connectivity index (χ0n) is 11.8. The highest BCUT2D eigenvalue weighted by molar-refractivity contribution is 5.56. The lowest BCUT2D eigenvalue weighted by Crippen LogP contribution is -2.11. The molecule has 0 radical (unpaired) electrons. The van der Waals surface area contributed by atoms with Crippen molar-refractivity contribution in [3.05, 3.63) is 59.9 Å². The fourth-order valence-corrected chi connectivity index (χ4v) is 2.23. The molecular weight excluding hydrogens is 266 g/mol. The number of rotatable bonds is 5. The molecule has 5 heteroatoms. The van der Waals surface area contributed by atoms with Crippen LogP contribution in [-0.4, -0.2) is 10.1 Å². The van der Waals surface area contributed by atoms with Crippen LogP contribution in [0.25, 0.3) is 11.4 Å². The van der Waals surface area contributed by atoms with Crippen LogP contribution in [0.2, 0.25) is 0 Å². The van der Waals surface area contributed by atoms with Crippen molar-refractivity contribution in [2.24, 2.45) is 5.73 Å². The number of aryl methyl sites for hydroxylation is 2. The number of aromatic nitrogens is 2. The van der Waals surface area contributed by atoms with E-state index in [1.807, 2.05) is 43.3 Å². The summed E-state index contributed by atoms with van der Waals surface area (Å²) >= 11 is 0. The maximum Gasteiger partial charge on any atom is 0.227 e. The van der Waals surface area contributed by atoms with Gasteiger partial charge in [0.2, 0.25) is 11.7 Å². The Kier molecular flexibility index (Phi) is 3.83. The number of benzene rings is 1. The quantitative estimate of drug-likeness (QED) is 0.777. The number of furan rings is 1. The van der Waals surface area contributed by atoms with Crippen LogP contribution in [0.15, 0.2) is 51.6 Å². The second-order valence-corrected chi connectivity index (χ2v) is 4.96. The average molecular weight is 283 g/mol. The molecule has 0 aliphatic carbocycles. The Morgan fingerprint density at radius 3 is 2.71 bits per heavy atom. The van der Waals surface area contributed by atoms with Gasteiger partial charge in [-0.3, -0.25) is 0 Å². The van der Waals surface area contributed by atoms with Gasteiger partial charge in [-0.2, -0.15) is 4.98 Å². The Morgan fingerprint density at radius 1 is 1.19 bits per heavy atom. The minimum Gasteiger partial charge on any atom is -0.469 e. The first-order valence-electron chi connectivity index (χ1n) is 6.91. The smallest absolute Gasteiger partial charge is 0.227 e. The molecule has 1 unspecified atom stereocenters. The summed E-state index contributed by atoms with van der Waals surface area (Å²) in [4.78, 5) is 4.39. The van der Waals surface area contributed by atoms with Crippen LogP contribution in [0.5, 0.6) is 0 Å². The molecule has 5 nitrogen and oxygen atoms in total. The van der Waals surface area contributed by atoms with Crippen LogP contribution in [0.1, 0.15) is 29.7 Å². The van der Waals surface area contributed by atoms with Crippen LogP contribution in [0.4, 0.5) is 0 Å². The Morgan fingerprint density at radius 2 is 2.00 bits per heavy atom. The molecule has 21 heavy (non-hydrogen) atoms. The summed E-state index contributed by atoms with van der Waals surface area (Å²) in [6.45, 7) is 1.87. The number of nitrogens with zero attached hydrogens (tertiary/aromatic N) is 2. The van der Waals surface area contributed by atoms with Crippen LogP contribution in [-0.2, 0) is 6.42 Å². The zero-order valence-corrected chi connectivity index (χ0v) is 11.8. The highest BCUT2D eigenvalue weighted by atomic mass is 16.5. The number of hydrogen-bond donors (Lipinski definition) is 1. The first-order chi connectivity index (χ1) is 10.2. The molecule has 0 aliphatic rings. The molecule has 0 spiro atoms. The summed E-state index contributed by atoms with van der Waals surface area (Å²) in [6.07, 6.45) is 3.03. The summed E-state index contributed by atoms with van der Waals surface area (Å²) in [5.41, 5.74) is 8.14. The molecule has 2 heterocycles. The van der Waals surface area contributed by atoms with E-state index < -0.39 is 0 Å². The van der Waals surface area contributed by atoms with Crippen molar-refractivity contribution in [1.29, 1.82) is 0 Å². The standard InChI is InChI=1S/C16H17N3O2/c1-11-13(9-10-20-11)16-18-15(21-19-16)8-7-14(17)12-5-3-2-4-6-12/h2-6,9-10,14H,7-8,17H2,1H3. The maximum absolute atomic E-state index is 6.16. The van der Waals surface area contributed by atoms with E-state index in [4.69, 9.17) is 14.7 Å². The van der Waals surface area contributed by atoms with E-state index in [0.717, 1.165) is 23.3 Å². The second kappa shape index (κ2) is 5.93. The third kappa shape index (κ3) is 3.03. The van der Waals surface area contributed by atoms with Crippen molar-refractivity contribution in [1.82, 2.24) is 10.1 Å². The zero-order chi connectivity index (χ0) is 14.7. The third-order valence-corrected chi connectivity index (χ3v) is 3.46. The minimum atomic E-state index is -0.0304. The molecule has 2 aromatic heterocycles. The summed E-state index contributed by atoms with van der Waals surface area (Å²) < 4.78 is 10.5. The van der Waals surface area contributed by atoms with Gasteiger partial charge in [0.15, 0.2) is 0 Å². The van der Waals surface area contributed by atoms with Gasteiger partial charge in [0.25, 0.3) is 0 Å². The molecule has 3 rings (SSSR count). The van der Waals surface area contributed by atoms with E-state index in [2.05, 4.69) is 10.1 Å². The van der Waals surface area contributed by atoms with E-state index >= 15 is 0 Å². The van der Waals surface area contributed by atoms with Gasteiger partial charge < -0.3 is 14.7 Å². The fourth-order valence-electron chi connectivity index (χ4n) is 2.23. The predicted octanol–water partition coefficient (Wildman–Crippen LogP) is 3.27. The summed E-state index contributed by atoms with van der Waals surface area (Å²) in [5, 5.41) is 3.98. The van der Waals surface area contributed by atoms with Gasteiger partial charge >= 0.3 is 0 Å². The Hall–Kier alpha value is -2.40. The van der Waals surface area contributed by atoms with Crippen LogP contribution >= 0.6 is 0 Å². The topological polar surface area (TPSA) is 78.1 Å². The Labute approximate surface area is 122 Å². The van der Waals surface area contributed by atoms with Gasteiger partial charge in [-0.1, -0.05) is 35.5 Å². The summed E-state index contributed by atoms with van der Waals surface area (Å²) in [5.74, 6) is 1.94. The molecule has 2 N–H and O–H groups in total. The highest BCUT2D eigenvalue weighted by Crippen LogP contribution is 2.22. The van der Waals surface area contributed by atoms with Gasteiger partial charge in [0.05, 0.1) is 11.8 Å². The van der Waals surface area contributed by atoms with Gasteiger partial charge in [0.1, 0.15) is 5.76 Å². The molecule has 108 valence electrons. The monoisotopic (exact) mass is 283 g/mol. The van der Waals surface area contributed by atoms with Crippen molar-refractivity contribution in [3.63, 3.8) is 0 Å². The Balaban J connectivity index is 1.64. The van der Waals surface area contributed by atoms with Crippen molar-refractivity contribution < 1.29 is 8.94 Å². The van der Waals surface area contributed by atoms with Crippen molar-refractivity contribution in [2.45, 2.75) is 25.8 Å². The molecule has 1 atom stereocenters. The molecular formula is C16H17N3O2. The fraction of sp³-hybridized carbons (Fsp3) is 0.250. The first kappa shape index (κ1) is 13.6. The molecule has 0 bridgehead atoms. The van der Waals surface area contributed by atoms with Crippen molar-refractivity contribution in [2.75, 3.05) is 0 Å². The SMILES string of the molecule is Cc1occc1-c1noc(CCC(N)c2ccccc2)n1. The molecule has 0 fully saturated rings. The van der Waals surface area contributed by atoms with Crippen LogP contribution in [0, 0.1) is 6.92 Å². The van der Waals surface area contributed by atoms with Crippen LogP contribution < -0.4 is 5.73 Å². The predicted molar refractivity (Wildman–Crippen MR) is 78.4 cm³/mol.